The Labute approximate surface area is 170 Å². The van der Waals surface area contributed by atoms with Crippen LogP contribution in [0.25, 0.3) is 0 Å². The number of carbonyl (C=O) groups excluding carboxylic acids is 2. The van der Waals surface area contributed by atoms with Crippen molar-refractivity contribution in [1.82, 2.24) is 18.2 Å². The van der Waals surface area contributed by atoms with Crippen molar-refractivity contribution in [3.8, 4) is 0 Å². The molecular formula is C19H18FIN4O2. The fraction of sp³-hybridized carbons (Fsp3) is 0.263. The van der Waals surface area contributed by atoms with E-state index in [1.165, 1.54) is 6.07 Å². The molecule has 0 spiro atoms. The van der Waals surface area contributed by atoms with Gasteiger partial charge in [-0.1, -0.05) is 18.2 Å². The number of halogens is 2. The highest BCUT2D eigenvalue weighted by Crippen LogP contribution is 2.43. The summed E-state index contributed by atoms with van der Waals surface area (Å²) in [7, 11) is 1.98. The minimum Gasteiger partial charge on any atom is -0.375 e. The summed E-state index contributed by atoms with van der Waals surface area (Å²) in [6.07, 6.45) is 4.38. The van der Waals surface area contributed by atoms with Gasteiger partial charge in [-0.25, -0.2) is 4.39 Å². The molecule has 4 rings (SSSR count). The summed E-state index contributed by atoms with van der Waals surface area (Å²) < 4.78 is 15.7. The number of nitrogens with one attached hydrogen (secondary N) is 1. The van der Waals surface area contributed by atoms with E-state index in [2.05, 4.69) is 34.3 Å². The first-order valence-electron chi connectivity index (χ1n) is 8.62. The molecule has 0 atom stereocenters. The standard InChI is InChI=1S/C19H18FIN4O2/c1-23-8-6-14-15(11-23)25(21)19-17(16(26)7-9-24(14)19)18(27)22-10-12-4-2-3-5-13(12)20/h2-6,11H,7-10H2,1H3,(H,22,27). The van der Waals surface area contributed by atoms with Gasteiger partial charge in [-0.3, -0.25) is 12.7 Å². The van der Waals surface area contributed by atoms with Crippen LogP contribution in [0, 0.1) is 5.82 Å². The number of benzene rings is 1. The van der Waals surface area contributed by atoms with Gasteiger partial charge in [0.1, 0.15) is 17.2 Å². The van der Waals surface area contributed by atoms with Crippen molar-refractivity contribution < 1.29 is 14.0 Å². The minimum absolute atomic E-state index is 0.0327. The second-order valence-corrected chi connectivity index (χ2v) is 7.59. The largest absolute Gasteiger partial charge is 0.375 e. The Bertz CT molecular complexity index is 924. The van der Waals surface area contributed by atoms with Crippen molar-refractivity contribution in [2.45, 2.75) is 13.0 Å². The van der Waals surface area contributed by atoms with Gasteiger partial charge >= 0.3 is 0 Å². The van der Waals surface area contributed by atoms with Crippen LogP contribution in [0.1, 0.15) is 12.0 Å². The highest BCUT2D eigenvalue weighted by atomic mass is 127. The van der Waals surface area contributed by atoms with Gasteiger partial charge in [0.05, 0.1) is 34.3 Å². The van der Waals surface area contributed by atoms with Crippen LogP contribution in [-0.4, -0.2) is 44.7 Å². The van der Waals surface area contributed by atoms with Gasteiger partial charge < -0.3 is 15.1 Å². The zero-order valence-electron chi connectivity index (χ0n) is 14.7. The van der Waals surface area contributed by atoms with E-state index in [4.69, 9.17) is 0 Å². The Hall–Kier alpha value is -2.36. The first-order valence-corrected chi connectivity index (χ1v) is 9.59. The van der Waals surface area contributed by atoms with Crippen LogP contribution >= 0.6 is 22.9 Å². The number of likely N-dealkylation sites (N-methyl/N-ethyl adjacent to an activating group) is 1. The third-order valence-electron chi connectivity index (χ3n) is 4.81. The molecule has 27 heavy (non-hydrogen) atoms. The fourth-order valence-corrected chi connectivity index (χ4v) is 4.33. The van der Waals surface area contributed by atoms with Crippen molar-refractivity contribution in [2.24, 2.45) is 0 Å². The summed E-state index contributed by atoms with van der Waals surface area (Å²) in [5, 5.41) is 2.70. The molecule has 0 radical (unpaired) electrons. The van der Waals surface area contributed by atoms with Gasteiger partial charge in [-0.2, -0.15) is 0 Å². The summed E-state index contributed by atoms with van der Waals surface area (Å²) >= 11 is 2.12. The van der Waals surface area contributed by atoms with Crippen LogP contribution in [0.5, 0.6) is 0 Å². The van der Waals surface area contributed by atoms with E-state index in [0.29, 0.717) is 17.9 Å². The molecule has 6 nitrogen and oxygen atoms in total. The smallest absolute Gasteiger partial charge is 0.258 e. The maximum Gasteiger partial charge on any atom is 0.258 e. The van der Waals surface area contributed by atoms with Crippen LogP contribution in [-0.2, 0) is 16.1 Å². The maximum absolute atomic E-state index is 13.8. The Morgan fingerprint density at radius 2 is 2.07 bits per heavy atom. The molecule has 1 saturated heterocycles. The summed E-state index contributed by atoms with van der Waals surface area (Å²) in [4.78, 5) is 29.5. The molecule has 1 aromatic rings. The van der Waals surface area contributed by atoms with E-state index in [1.807, 2.05) is 26.2 Å². The van der Waals surface area contributed by atoms with Crippen molar-refractivity contribution in [1.29, 1.82) is 0 Å². The fourth-order valence-electron chi connectivity index (χ4n) is 3.45. The molecule has 1 amide bonds. The summed E-state index contributed by atoms with van der Waals surface area (Å²) in [6, 6.07) is 6.27. The molecule has 0 unspecified atom stereocenters. The molecule has 0 bridgehead atoms. The molecule has 0 aromatic heterocycles. The molecule has 1 fully saturated rings. The summed E-state index contributed by atoms with van der Waals surface area (Å²) in [5.41, 5.74) is 2.48. The summed E-state index contributed by atoms with van der Waals surface area (Å²) in [5.74, 6) is -0.460. The van der Waals surface area contributed by atoms with E-state index < -0.39 is 5.91 Å². The van der Waals surface area contributed by atoms with Crippen molar-refractivity contribution in [3.63, 3.8) is 0 Å². The monoisotopic (exact) mass is 480 g/mol. The van der Waals surface area contributed by atoms with Crippen LogP contribution < -0.4 is 5.32 Å². The third kappa shape index (κ3) is 3.11. The summed E-state index contributed by atoms with van der Waals surface area (Å²) in [6.45, 7) is 1.35. The molecule has 8 heteroatoms. The second-order valence-electron chi connectivity index (χ2n) is 6.62. The number of ketones is 1. The minimum atomic E-state index is -0.474. The zero-order valence-corrected chi connectivity index (χ0v) is 16.9. The lowest BCUT2D eigenvalue weighted by Gasteiger charge is -2.28. The van der Waals surface area contributed by atoms with Gasteiger partial charge in [0, 0.05) is 44.9 Å². The van der Waals surface area contributed by atoms with E-state index in [-0.39, 0.29) is 30.1 Å². The molecular weight excluding hydrogens is 462 g/mol. The average molecular weight is 480 g/mol. The molecule has 3 aliphatic rings. The lowest BCUT2D eigenvalue weighted by molar-refractivity contribution is -0.123. The van der Waals surface area contributed by atoms with Crippen molar-refractivity contribution in [3.05, 3.63) is 70.7 Å². The molecule has 140 valence electrons. The van der Waals surface area contributed by atoms with Gasteiger partial charge in [0.25, 0.3) is 5.91 Å². The predicted molar refractivity (Wildman–Crippen MR) is 106 cm³/mol. The molecule has 1 N–H and O–H groups in total. The Morgan fingerprint density at radius 3 is 2.85 bits per heavy atom. The van der Waals surface area contributed by atoms with Crippen molar-refractivity contribution in [2.75, 3.05) is 20.1 Å². The van der Waals surface area contributed by atoms with Gasteiger partial charge in [-0.15, -0.1) is 0 Å². The topological polar surface area (TPSA) is 55.9 Å². The Morgan fingerprint density at radius 1 is 1.30 bits per heavy atom. The average Bonchev–Trinajstić information content (AvgIpc) is 2.93. The number of fused-ring (bicyclic) bond motifs is 3. The SMILES string of the molecule is CN1C=C2C(=CC1)N1CCC(=O)C(C(=O)NCc3ccccc3F)=C1N2I. The quantitative estimate of drug-likeness (QED) is 0.409. The first kappa shape index (κ1) is 18.0. The van der Waals surface area contributed by atoms with Gasteiger partial charge in [-0.05, 0) is 12.1 Å². The van der Waals surface area contributed by atoms with Crippen LogP contribution in [0.15, 0.2) is 59.3 Å². The van der Waals surface area contributed by atoms with Gasteiger partial charge in [0.2, 0.25) is 0 Å². The highest BCUT2D eigenvalue weighted by Gasteiger charge is 2.43. The number of rotatable bonds is 3. The van der Waals surface area contributed by atoms with Crippen LogP contribution in [0.2, 0.25) is 0 Å². The number of nitrogens with zero attached hydrogens (tertiary/aromatic N) is 3. The molecule has 1 aromatic carbocycles. The second kappa shape index (κ2) is 6.99. The van der Waals surface area contributed by atoms with E-state index in [9.17, 15) is 14.0 Å². The number of hydrogen-bond donors (Lipinski definition) is 1. The number of hydrogen-bond acceptors (Lipinski definition) is 5. The molecule has 3 heterocycles. The van der Waals surface area contributed by atoms with E-state index in [1.54, 1.807) is 18.2 Å². The molecule has 0 saturated carbocycles. The Kier molecular flexibility index (Phi) is 4.67. The van der Waals surface area contributed by atoms with Crippen LogP contribution in [0.4, 0.5) is 4.39 Å². The number of carbonyl (C=O) groups is 2. The van der Waals surface area contributed by atoms with Crippen LogP contribution in [0.3, 0.4) is 0 Å². The number of Topliss-reactive ketones (excluding diaryl/α,β-unsaturated/α-hetero) is 1. The van der Waals surface area contributed by atoms with Crippen molar-refractivity contribution >= 4 is 34.6 Å². The first-order chi connectivity index (χ1) is 13.0. The van der Waals surface area contributed by atoms with Gasteiger partial charge in [0.15, 0.2) is 5.78 Å². The normalized spacial score (nSPS) is 18.9. The molecule has 0 aliphatic carbocycles. The maximum atomic E-state index is 13.8. The Balaban J connectivity index is 1.66. The van der Waals surface area contributed by atoms with E-state index >= 15 is 0 Å². The third-order valence-corrected chi connectivity index (χ3v) is 5.79. The lowest BCUT2D eigenvalue weighted by atomic mass is 10.0. The predicted octanol–water partition coefficient (Wildman–Crippen LogP) is 2.26. The van der Waals surface area contributed by atoms with E-state index in [0.717, 1.165) is 17.9 Å². The highest BCUT2D eigenvalue weighted by molar-refractivity contribution is 14.1. The number of amides is 1. The molecule has 3 aliphatic heterocycles. The lowest BCUT2D eigenvalue weighted by Crippen LogP contribution is -2.38. The zero-order chi connectivity index (χ0) is 19.1.